The molecule has 1 atom stereocenters. The van der Waals surface area contributed by atoms with E-state index in [4.69, 9.17) is 0 Å². The van der Waals surface area contributed by atoms with E-state index in [-0.39, 0.29) is 29.9 Å². The highest BCUT2D eigenvalue weighted by atomic mass is 35.5. The molecular formula is C16H25ClFN3O3S. The van der Waals surface area contributed by atoms with Gasteiger partial charge in [-0.15, -0.1) is 12.4 Å². The third kappa shape index (κ3) is 6.22. The molecule has 1 heterocycles. The summed E-state index contributed by atoms with van der Waals surface area (Å²) >= 11 is 0. The van der Waals surface area contributed by atoms with Gasteiger partial charge in [-0.1, -0.05) is 0 Å². The van der Waals surface area contributed by atoms with Crippen molar-refractivity contribution in [1.29, 1.82) is 0 Å². The normalized spacial score (nSPS) is 18.3. The molecule has 25 heavy (non-hydrogen) atoms. The molecule has 6 nitrogen and oxygen atoms in total. The number of anilines is 1. The zero-order valence-electron chi connectivity index (χ0n) is 14.6. The van der Waals surface area contributed by atoms with Crippen molar-refractivity contribution in [3.05, 3.63) is 24.0 Å². The minimum Gasteiger partial charge on any atom is -0.326 e. The number of halogens is 2. The van der Waals surface area contributed by atoms with Crippen molar-refractivity contribution in [2.75, 3.05) is 18.4 Å². The predicted octanol–water partition coefficient (Wildman–Crippen LogP) is 2.26. The molecule has 0 aromatic heterocycles. The van der Waals surface area contributed by atoms with Crippen LogP contribution in [0.4, 0.5) is 10.1 Å². The van der Waals surface area contributed by atoms with Crippen molar-refractivity contribution < 1.29 is 17.6 Å². The number of hydrogen-bond acceptors (Lipinski definition) is 4. The van der Waals surface area contributed by atoms with Crippen LogP contribution in [0.25, 0.3) is 0 Å². The Labute approximate surface area is 154 Å². The van der Waals surface area contributed by atoms with Crippen LogP contribution in [-0.4, -0.2) is 33.0 Å². The Morgan fingerprint density at radius 2 is 2.00 bits per heavy atom. The molecule has 9 heteroatoms. The van der Waals surface area contributed by atoms with E-state index in [1.165, 1.54) is 6.07 Å². The van der Waals surface area contributed by atoms with Gasteiger partial charge in [0.05, 0.1) is 5.92 Å². The molecule has 142 valence electrons. The fraction of sp³-hybridized carbons (Fsp3) is 0.562. The molecular weight excluding hydrogens is 369 g/mol. The zero-order valence-corrected chi connectivity index (χ0v) is 16.2. The lowest BCUT2D eigenvalue weighted by atomic mass is 9.99. The van der Waals surface area contributed by atoms with Crippen molar-refractivity contribution in [3.8, 4) is 0 Å². The molecule has 0 aliphatic carbocycles. The number of carbonyl (C=O) groups is 1. The molecule has 1 aromatic rings. The SMILES string of the molecule is CC(C)(C)NS(=O)(=O)c1cc(NC(=O)C2CCCNC2)ccc1F.Cl. The molecule has 1 aromatic carbocycles. The molecule has 0 saturated carbocycles. The Morgan fingerprint density at radius 1 is 1.32 bits per heavy atom. The van der Waals surface area contributed by atoms with Crippen LogP contribution in [0.2, 0.25) is 0 Å². The van der Waals surface area contributed by atoms with E-state index in [2.05, 4.69) is 15.4 Å². The lowest BCUT2D eigenvalue weighted by molar-refractivity contribution is -0.120. The first-order chi connectivity index (χ1) is 11.1. The summed E-state index contributed by atoms with van der Waals surface area (Å²) in [5.41, 5.74) is -0.473. The maximum absolute atomic E-state index is 14.0. The standard InChI is InChI=1S/C16H24FN3O3S.ClH/c1-16(2,3)20-24(22,23)14-9-12(6-7-13(14)17)19-15(21)11-5-4-8-18-10-11;/h6-7,9,11,18,20H,4-5,8,10H2,1-3H3,(H,19,21);1H. The highest BCUT2D eigenvalue weighted by Crippen LogP contribution is 2.22. The van der Waals surface area contributed by atoms with Crippen LogP contribution >= 0.6 is 12.4 Å². The van der Waals surface area contributed by atoms with Gasteiger partial charge in [0.2, 0.25) is 15.9 Å². The summed E-state index contributed by atoms with van der Waals surface area (Å²) in [6, 6.07) is 3.56. The second-order valence-corrected chi connectivity index (χ2v) is 8.68. The van der Waals surface area contributed by atoms with Crippen LogP contribution < -0.4 is 15.4 Å². The fourth-order valence-electron chi connectivity index (χ4n) is 2.57. The highest BCUT2D eigenvalue weighted by Gasteiger charge is 2.26. The van der Waals surface area contributed by atoms with Gasteiger partial charge in [0.25, 0.3) is 0 Å². The van der Waals surface area contributed by atoms with Crippen LogP contribution in [0.1, 0.15) is 33.6 Å². The molecule has 1 aliphatic rings. The zero-order chi connectivity index (χ0) is 18.0. The highest BCUT2D eigenvalue weighted by molar-refractivity contribution is 7.89. The summed E-state index contributed by atoms with van der Waals surface area (Å²) in [6.45, 7) is 6.49. The smallest absolute Gasteiger partial charge is 0.244 e. The van der Waals surface area contributed by atoms with Crippen LogP contribution in [0.15, 0.2) is 23.1 Å². The predicted molar refractivity (Wildman–Crippen MR) is 97.9 cm³/mol. The molecule has 2 rings (SSSR count). The topological polar surface area (TPSA) is 87.3 Å². The van der Waals surface area contributed by atoms with Gasteiger partial charge in [-0.2, -0.15) is 0 Å². The van der Waals surface area contributed by atoms with Crippen molar-refractivity contribution in [2.24, 2.45) is 5.92 Å². The van der Waals surface area contributed by atoms with Gasteiger partial charge in [-0.3, -0.25) is 4.79 Å². The lowest BCUT2D eigenvalue weighted by Crippen LogP contribution is -2.40. The average Bonchev–Trinajstić information content (AvgIpc) is 2.47. The number of amides is 1. The average molecular weight is 394 g/mol. The lowest BCUT2D eigenvalue weighted by Gasteiger charge is -2.22. The van der Waals surface area contributed by atoms with Crippen LogP contribution in [0.3, 0.4) is 0 Å². The summed E-state index contributed by atoms with van der Waals surface area (Å²) in [5, 5.41) is 5.82. The number of hydrogen-bond donors (Lipinski definition) is 3. The minimum atomic E-state index is -4.02. The number of piperidine rings is 1. The molecule has 1 saturated heterocycles. The Hall–Kier alpha value is -1.22. The van der Waals surface area contributed by atoms with Gasteiger partial charge in [0.1, 0.15) is 10.7 Å². The van der Waals surface area contributed by atoms with Gasteiger partial charge >= 0.3 is 0 Å². The summed E-state index contributed by atoms with van der Waals surface area (Å²) in [7, 11) is -4.02. The van der Waals surface area contributed by atoms with E-state index < -0.39 is 26.3 Å². The third-order valence-corrected chi connectivity index (χ3v) is 5.37. The van der Waals surface area contributed by atoms with Crippen LogP contribution in [-0.2, 0) is 14.8 Å². The molecule has 1 amide bonds. The van der Waals surface area contributed by atoms with Gasteiger partial charge in [0, 0.05) is 17.8 Å². The van der Waals surface area contributed by atoms with Crippen molar-refractivity contribution in [1.82, 2.24) is 10.0 Å². The quantitative estimate of drug-likeness (QED) is 0.732. The molecule has 0 radical (unpaired) electrons. The maximum Gasteiger partial charge on any atom is 0.244 e. The van der Waals surface area contributed by atoms with Gasteiger partial charge < -0.3 is 10.6 Å². The van der Waals surface area contributed by atoms with Crippen molar-refractivity contribution in [2.45, 2.75) is 44.0 Å². The largest absolute Gasteiger partial charge is 0.326 e. The summed E-state index contributed by atoms with van der Waals surface area (Å²) < 4.78 is 41.1. The molecule has 1 aliphatic heterocycles. The second-order valence-electron chi connectivity index (χ2n) is 7.03. The molecule has 0 bridgehead atoms. The molecule has 0 spiro atoms. The monoisotopic (exact) mass is 393 g/mol. The van der Waals surface area contributed by atoms with E-state index in [0.717, 1.165) is 31.5 Å². The number of nitrogens with one attached hydrogen (secondary N) is 3. The summed E-state index contributed by atoms with van der Waals surface area (Å²) in [6.07, 6.45) is 1.69. The first-order valence-electron chi connectivity index (χ1n) is 7.94. The number of sulfonamides is 1. The van der Waals surface area contributed by atoms with Crippen LogP contribution in [0.5, 0.6) is 0 Å². The Morgan fingerprint density at radius 3 is 2.56 bits per heavy atom. The maximum atomic E-state index is 14.0. The summed E-state index contributed by atoms with van der Waals surface area (Å²) in [5.74, 6) is -1.22. The first kappa shape index (κ1) is 21.8. The van der Waals surface area contributed by atoms with Gasteiger partial charge in [-0.25, -0.2) is 17.5 Å². The first-order valence-corrected chi connectivity index (χ1v) is 9.42. The molecule has 3 N–H and O–H groups in total. The molecule has 1 unspecified atom stereocenters. The third-order valence-electron chi connectivity index (χ3n) is 3.60. The molecule has 1 fully saturated rings. The Kier molecular flexibility index (Phi) is 7.37. The van der Waals surface area contributed by atoms with E-state index in [9.17, 15) is 17.6 Å². The number of rotatable bonds is 4. The van der Waals surface area contributed by atoms with E-state index in [0.29, 0.717) is 6.54 Å². The van der Waals surface area contributed by atoms with E-state index in [1.54, 1.807) is 20.8 Å². The minimum absolute atomic E-state index is 0. The summed E-state index contributed by atoms with van der Waals surface area (Å²) in [4.78, 5) is 11.8. The van der Waals surface area contributed by atoms with E-state index >= 15 is 0 Å². The fourth-order valence-corrected chi connectivity index (χ4v) is 4.09. The van der Waals surface area contributed by atoms with Crippen molar-refractivity contribution >= 4 is 34.0 Å². The van der Waals surface area contributed by atoms with Crippen LogP contribution in [0, 0.1) is 11.7 Å². The number of benzene rings is 1. The van der Waals surface area contributed by atoms with E-state index in [1.807, 2.05) is 0 Å². The Bertz CT molecular complexity index is 714. The van der Waals surface area contributed by atoms with Gasteiger partial charge in [-0.05, 0) is 58.4 Å². The Balaban J connectivity index is 0.00000312. The van der Waals surface area contributed by atoms with Crippen molar-refractivity contribution in [3.63, 3.8) is 0 Å². The number of carbonyl (C=O) groups excluding carboxylic acids is 1. The van der Waals surface area contributed by atoms with Gasteiger partial charge in [0.15, 0.2) is 0 Å². The second kappa shape index (κ2) is 8.44.